The van der Waals surface area contributed by atoms with Crippen LogP contribution in [0.25, 0.3) is 0 Å². The van der Waals surface area contributed by atoms with Gasteiger partial charge in [-0.15, -0.1) is 0 Å². The molecule has 1 aliphatic heterocycles. The SMILES string of the molecule is CCC(O)COC(=O)c1ccc2c(c1)C(=O)N(c1ccccc1O)C2=O. The molecule has 0 bridgehead atoms. The maximum Gasteiger partial charge on any atom is 0.338 e. The summed E-state index contributed by atoms with van der Waals surface area (Å²) in [6.45, 7) is 1.61. The van der Waals surface area contributed by atoms with E-state index in [4.69, 9.17) is 4.74 Å². The number of carbonyl (C=O) groups is 3. The van der Waals surface area contributed by atoms with Crippen molar-refractivity contribution in [3.05, 3.63) is 59.2 Å². The monoisotopic (exact) mass is 355 g/mol. The van der Waals surface area contributed by atoms with Gasteiger partial charge in [0.25, 0.3) is 11.8 Å². The Kier molecular flexibility index (Phi) is 4.73. The molecule has 0 saturated heterocycles. The molecule has 1 heterocycles. The minimum absolute atomic E-state index is 0.0590. The molecule has 1 aliphatic rings. The molecule has 0 radical (unpaired) electrons. The number of anilines is 1. The molecule has 7 heteroatoms. The lowest BCUT2D eigenvalue weighted by molar-refractivity contribution is 0.0250. The first-order chi connectivity index (χ1) is 12.4. The average molecular weight is 355 g/mol. The highest BCUT2D eigenvalue weighted by atomic mass is 16.5. The third-order valence-electron chi connectivity index (χ3n) is 4.12. The Morgan fingerprint density at radius 3 is 2.50 bits per heavy atom. The fraction of sp³-hybridized carbons (Fsp3) is 0.211. The highest BCUT2D eigenvalue weighted by molar-refractivity contribution is 6.35. The van der Waals surface area contributed by atoms with Gasteiger partial charge in [0, 0.05) is 0 Å². The Bertz CT molecular complexity index is 891. The third kappa shape index (κ3) is 3.04. The summed E-state index contributed by atoms with van der Waals surface area (Å²) in [5.74, 6) is -2.10. The minimum atomic E-state index is -0.756. The summed E-state index contributed by atoms with van der Waals surface area (Å²) in [5, 5.41) is 19.4. The number of imide groups is 1. The van der Waals surface area contributed by atoms with Crippen LogP contribution in [0.15, 0.2) is 42.5 Å². The van der Waals surface area contributed by atoms with Crippen LogP contribution in [0.5, 0.6) is 5.75 Å². The molecule has 0 fully saturated rings. The van der Waals surface area contributed by atoms with Crippen LogP contribution in [-0.2, 0) is 4.74 Å². The second-order valence-corrected chi connectivity index (χ2v) is 5.86. The largest absolute Gasteiger partial charge is 0.506 e. The van der Waals surface area contributed by atoms with Crippen LogP contribution in [0.4, 0.5) is 5.69 Å². The summed E-state index contributed by atoms with van der Waals surface area (Å²) < 4.78 is 4.99. The lowest BCUT2D eigenvalue weighted by Crippen LogP contribution is -2.29. The Balaban J connectivity index is 1.89. The van der Waals surface area contributed by atoms with Gasteiger partial charge < -0.3 is 14.9 Å². The van der Waals surface area contributed by atoms with E-state index in [9.17, 15) is 24.6 Å². The molecule has 2 aromatic carbocycles. The predicted octanol–water partition coefficient (Wildman–Crippen LogP) is 2.12. The van der Waals surface area contributed by atoms with Gasteiger partial charge in [-0.25, -0.2) is 9.69 Å². The van der Waals surface area contributed by atoms with Crippen LogP contribution >= 0.6 is 0 Å². The lowest BCUT2D eigenvalue weighted by atomic mass is 10.1. The van der Waals surface area contributed by atoms with Gasteiger partial charge in [0.05, 0.1) is 28.5 Å². The van der Waals surface area contributed by atoms with Gasteiger partial charge in [-0.2, -0.15) is 0 Å². The number of hydrogen-bond acceptors (Lipinski definition) is 6. The fourth-order valence-corrected chi connectivity index (χ4v) is 2.61. The van der Waals surface area contributed by atoms with Gasteiger partial charge in [0.2, 0.25) is 0 Å². The van der Waals surface area contributed by atoms with Crippen molar-refractivity contribution in [2.24, 2.45) is 0 Å². The van der Waals surface area contributed by atoms with Crippen molar-refractivity contribution in [3.8, 4) is 5.75 Å². The van der Waals surface area contributed by atoms with Crippen LogP contribution in [-0.4, -0.2) is 40.7 Å². The molecule has 134 valence electrons. The quantitative estimate of drug-likeness (QED) is 0.629. The van der Waals surface area contributed by atoms with E-state index in [1.165, 1.54) is 30.3 Å². The van der Waals surface area contributed by atoms with Gasteiger partial charge in [-0.05, 0) is 36.8 Å². The van der Waals surface area contributed by atoms with Crippen molar-refractivity contribution in [3.63, 3.8) is 0 Å². The van der Waals surface area contributed by atoms with Gasteiger partial charge >= 0.3 is 5.97 Å². The number of benzene rings is 2. The van der Waals surface area contributed by atoms with E-state index < -0.39 is 23.9 Å². The van der Waals surface area contributed by atoms with Crippen LogP contribution in [0.3, 0.4) is 0 Å². The Morgan fingerprint density at radius 1 is 1.12 bits per heavy atom. The van der Waals surface area contributed by atoms with E-state index in [-0.39, 0.29) is 34.7 Å². The molecule has 2 N–H and O–H groups in total. The number of ether oxygens (including phenoxy) is 1. The number of aliphatic hydroxyl groups is 1. The minimum Gasteiger partial charge on any atom is -0.506 e. The predicted molar refractivity (Wildman–Crippen MR) is 92.3 cm³/mol. The zero-order valence-corrected chi connectivity index (χ0v) is 14.0. The molecule has 2 amide bonds. The number of hydrogen-bond donors (Lipinski definition) is 2. The van der Waals surface area contributed by atoms with Crippen LogP contribution < -0.4 is 4.90 Å². The Hall–Kier alpha value is -3.19. The van der Waals surface area contributed by atoms with Gasteiger partial charge in [0.1, 0.15) is 12.4 Å². The maximum atomic E-state index is 12.6. The van der Waals surface area contributed by atoms with Gasteiger partial charge in [0.15, 0.2) is 0 Å². The summed E-state index contributed by atoms with van der Waals surface area (Å²) in [4.78, 5) is 38.1. The van der Waals surface area contributed by atoms with Gasteiger partial charge in [-0.1, -0.05) is 19.1 Å². The number of esters is 1. The summed E-state index contributed by atoms with van der Waals surface area (Å²) >= 11 is 0. The number of carbonyl (C=O) groups excluding carboxylic acids is 3. The number of phenols is 1. The molecule has 1 unspecified atom stereocenters. The van der Waals surface area contributed by atoms with Crippen molar-refractivity contribution >= 4 is 23.5 Å². The molecule has 0 aromatic heterocycles. The summed E-state index contributed by atoms with van der Waals surface area (Å²) in [6, 6.07) is 10.1. The first-order valence-electron chi connectivity index (χ1n) is 8.10. The molecular weight excluding hydrogens is 338 g/mol. The van der Waals surface area contributed by atoms with Crippen LogP contribution in [0, 0.1) is 0 Å². The van der Waals surface area contributed by atoms with Gasteiger partial charge in [-0.3, -0.25) is 9.59 Å². The van der Waals surface area contributed by atoms with Crippen molar-refractivity contribution < 1.29 is 29.3 Å². The van der Waals surface area contributed by atoms with Crippen LogP contribution in [0.1, 0.15) is 44.4 Å². The molecule has 26 heavy (non-hydrogen) atoms. The van der Waals surface area contributed by atoms with Crippen molar-refractivity contribution in [2.45, 2.75) is 19.4 Å². The van der Waals surface area contributed by atoms with E-state index in [1.807, 2.05) is 0 Å². The number of phenolic OH excluding ortho intramolecular Hbond substituents is 1. The number of amides is 2. The zero-order chi connectivity index (χ0) is 18.8. The second-order valence-electron chi connectivity index (χ2n) is 5.86. The van der Waals surface area contributed by atoms with E-state index in [1.54, 1.807) is 19.1 Å². The summed E-state index contributed by atoms with van der Waals surface area (Å²) in [6.07, 6.45) is -0.312. The smallest absolute Gasteiger partial charge is 0.338 e. The number of rotatable bonds is 5. The van der Waals surface area contributed by atoms with E-state index in [0.29, 0.717) is 6.42 Å². The molecular formula is C19H17NO6. The summed E-state index contributed by atoms with van der Waals surface area (Å²) in [7, 11) is 0. The van der Waals surface area contributed by atoms with E-state index in [2.05, 4.69) is 0 Å². The standard InChI is InChI=1S/C19H17NO6/c1-2-12(21)10-26-19(25)11-7-8-13-14(9-11)18(24)20(17(13)23)15-5-3-4-6-16(15)22/h3-9,12,21-22H,2,10H2,1H3. The second kappa shape index (κ2) is 6.97. The number of fused-ring (bicyclic) bond motifs is 1. The Labute approximate surface area is 149 Å². The third-order valence-corrected chi connectivity index (χ3v) is 4.12. The number of aromatic hydroxyl groups is 1. The highest BCUT2D eigenvalue weighted by Crippen LogP contribution is 2.34. The molecule has 7 nitrogen and oxygen atoms in total. The topological polar surface area (TPSA) is 104 Å². The van der Waals surface area contributed by atoms with Crippen molar-refractivity contribution in [1.29, 1.82) is 0 Å². The van der Waals surface area contributed by atoms with Crippen molar-refractivity contribution in [2.75, 3.05) is 11.5 Å². The molecule has 0 aliphatic carbocycles. The number of para-hydroxylation sites is 2. The van der Waals surface area contributed by atoms with E-state index >= 15 is 0 Å². The Morgan fingerprint density at radius 2 is 1.81 bits per heavy atom. The molecule has 0 saturated carbocycles. The number of aliphatic hydroxyl groups excluding tert-OH is 1. The normalized spacial score (nSPS) is 14.3. The molecule has 1 atom stereocenters. The first kappa shape index (κ1) is 17.6. The maximum absolute atomic E-state index is 12.6. The molecule has 2 aromatic rings. The van der Waals surface area contributed by atoms with E-state index in [0.717, 1.165) is 4.90 Å². The zero-order valence-electron chi connectivity index (χ0n) is 14.0. The lowest BCUT2D eigenvalue weighted by Gasteiger charge is -2.14. The van der Waals surface area contributed by atoms with Crippen LogP contribution in [0.2, 0.25) is 0 Å². The highest BCUT2D eigenvalue weighted by Gasteiger charge is 2.38. The molecule has 0 spiro atoms. The fourth-order valence-electron chi connectivity index (χ4n) is 2.61. The number of nitrogens with zero attached hydrogens (tertiary/aromatic N) is 1. The molecule has 3 rings (SSSR count). The summed E-state index contributed by atoms with van der Waals surface area (Å²) in [5.41, 5.74) is 0.383. The average Bonchev–Trinajstić information content (AvgIpc) is 2.90. The first-order valence-corrected chi connectivity index (χ1v) is 8.10. The van der Waals surface area contributed by atoms with Crippen molar-refractivity contribution in [1.82, 2.24) is 0 Å².